The molecule has 6 rings (SSSR count). The van der Waals surface area contributed by atoms with Crippen molar-refractivity contribution in [1.29, 1.82) is 0 Å². The van der Waals surface area contributed by atoms with Gasteiger partial charge in [0.05, 0.1) is 41.6 Å². The molecule has 0 radical (unpaired) electrons. The second-order valence-electron chi connectivity index (χ2n) is 9.45. The van der Waals surface area contributed by atoms with Gasteiger partial charge >= 0.3 is 0 Å². The Bertz CT molecular complexity index is 1450. The number of hydrogen-bond donors (Lipinski definition) is 2. The molecule has 1 unspecified atom stereocenters. The van der Waals surface area contributed by atoms with E-state index in [0.29, 0.717) is 6.54 Å². The number of pyridine rings is 2. The summed E-state index contributed by atoms with van der Waals surface area (Å²) in [5, 5.41) is 0. The van der Waals surface area contributed by atoms with E-state index in [9.17, 15) is 0 Å². The van der Waals surface area contributed by atoms with Crippen LogP contribution in [0.25, 0.3) is 11.0 Å². The fourth-order valence-electron chi connectivity index (χ4n) is 5.08. The molecule has 5 aromatic rings. The maximum atomic E-state index is 7.83. The van der Waals surface area contributed by atoms with E-state index in [-0.39, 0.29) is 6.04 Å². The molecule has 2 N–H and O–H groups in total. The molecule has 0 spiro atoms. The number of rotatable bonds is 9. The fraction of sp³-hybridized carbons (Fsp3) is 0.233. The van der Waals surface area contributed by atoms with E-state index in [1.165, 1.54) is 16.8 Å². The molecule has 3 heterocycles. The predicted molar refractivity (Wildman–Crippen MR) is 152 cm³/mol. The number of nitrogens with zero attached hydrogens (tertiary/aromatic N) is 4. The van der Waals surface area contributed by atoms with Crippen LogP contribution in [0.2, 0.25) is 0 Å². The van der Waals surface area contributed by atoms with Crippen LogP contribution in [0, 0.1) is 0 Å². The van der Waals surface area contributed by atoms with Gasteiger partial charge in [0.2, 0.25) is 0 Å². The van der Waals surface area contributed by atoms with Crippen LogP contribution >= 0.6 is 0 Å². The van der Waals surface area contributed by atoms with Crippen molar-refractivity contribution in [3.63, 3.8) is 0 Å². The van der Waals surface area contributed by atoms with Gasteiger partial charge in [0.25, 0.3) is 0 Å². The first-order valence-electron chi connectivity index (χ1n) is 13.0. The zero-order chi connectivity index (χ0) is 26.9. The average molecular weight is 539 g/mol. The molecule has 0 saturated carbocycles. The van der Waals surface area contributed by atoms with Crippen molar-refractivity contribution in [3.8, 4) is 5.75 Å². The Hall–Kier alpha value is -4.05. The summed E-state index contributed by atoms with van der Waals surface area (Å²) in [5.41, 5.74) is 9.77. The number of H-pyrrole nitrogens is 1. The molecule has 9 heteroatoms. The minimum absolute atomic E-state index is 0.245. The van der Waals surface area contributed by atoms with E-state index in [2.05, 4.69) is 63.2 Å². The van der Waals surface area contributed by atoms with E-state index >= 15 is 0 Å². The highest BCUT2D eigenvalue weighted by Gasteiger charge is 2.28. The first-order chi connectivity index (χ1) is 19.3. The minimum atomic E-state index is 0.245. The zero-order valence-electron chi connectivity index (χ0n) is 21.5. The Balaban J connectivity index is 0.00000151. The summed E-state index contributed by atoms with van der Waals surface area (Å²) in [6, 6.07) is 26.8. The van der Waals surface area contributed by atoms with Crippen molar-refractivity contribution in [1.82, 2.24) is 30.3 Å². The summed E-state index contributed by atoms with van der Waals surface area (Å²) in [6.07, 6.45) is 7.04. The molecule has 39 heavy (non-hydrogen) atoms. The fourth-order valence-corrected chi connectivity index (χ4v) is 5.08. The monoisotopic (exact) mass is 538 g/mol. The SMILES string of the molecule is O=S.c1ccc(CNOc2ccc(CN(Cc3nc4ccccc4[nH]3)C3CCCc4cccnc43)cc2)nc1. The summed E-state index contributed by atoms with van der Waals surface area (Å²) in [5.74, 6) is 1.75. The lowest BCUT2D eigenvalue weighted by molar-refractivity contribution is 0.153. The number of aromatic amines is 1. The topological polar surface area (TPSA) is 96.0 Å². The van der Waals surface area contributed by atoms with Gasteiger partial charge in [-0.25, -0.2) is 4.98 Å². The van der Waals surface area contributed by atoms with Crippen molar-refractivity contribution in [2.24, 2.45) is 0 Å². The largest absolute Gasteiger partial charge is 0.408 e. The Morgan fingerprint density at radius 1 is 0.923 bits per heavy atom. The lowest BCUT2D eigenvalue weighted by Crippen LogP contribution is -2.31. The molecular formula is C30H30N6O2S. The van der Waals surface area contributed by atoms with Gasteiger partial charge < -0.3 is 9.82 Å². The van der Waals surface area contributed by atoms with Crippen molar-refractivity contribution < 1.29 is 9.05 Å². The molecular weight excluding hydrogens is 508 g/mol. The Kier molecular flexibility index (Phi) is 8.95. The molecule has 1 aliphatic rings. The van der Waals surface area contributed by atoms with E-state index in [1.54, 1.807) is 6.20 Å². The summed E-state index contributed by atoms with van der Waals surface area (Å²) in [6.45, 7) is 2.06. The third kappa shape index (κ3) is 6.69. The van der Waals surface area contributed by atoms with Crippen LogP contribution in [0.3, 0.4) is 0 Å². The second kappa shape index (κ2) is 13.1. The van der Waals surface area contributed by atoms with Crippen molar-refractivity contribution in [2.45, 2.75) is 44.9 Å². The number of benzene rings is 2. The zero-order valence-corrected chi connectivity index (χ0v) is 22.3. The Morgan fingerprint density at radius 3 is 2.56 bits per heavy atom. The van der Waals surface area contributed by atoms with Gasteiger partial charge in [-0.2, -0.15) is 9.69 Å². The highest BCUT2D eigenvalue weighted by Crippen LogP contribution is 2.34. The van der Waals surface area contributed by atoms with Gasteiger partial charge in [-0.05, 0) is 72.9 Å². The maximum Gasteiger partial charge on any atom is 0.197 e. The molecule has 0 fully saturated rings. The predicted octanol–water partition coefficient (Wildman–Crippen LogP) is 5.18. The van der Waals surface area contributed by atoms with Gasteiger partial charge in [0.1, 0.15) is 11.6 Å². The third-order valence-electron chi connectivity index (χ3n) is 6.88. The van der Waals surface area contributed by atoms with Crippen LogP contribution < -0.4 is 10.3 Å². The van der Waals surface area contributed by atoms with Gasteiger partial charge in [-0.1, -0.05) is 36.4 Å². The summed E-state index contributed by atoms with van der Waals surface area (Å²) in [4.78, 5) is 25.7. The number of fused-ring (bicyclic) bond motifs is 2. The molecule has 8 nitrogen and oxygen atoms in total. The standard InChI is InChI=1S/C30H30N6O.OS/c1-2-11-27-26(10-1)34-29(35-27)21-36(28-12-5-7-23-8-6-18-32-30(23)28)20-22-13-15-25(16-14-22)37-33-19-24-9-3-4-17-31-24;1-2/h1-4,6,8-11,13-18,28,33H,5,7,12,19-21H2,(H,34,35);. The summed E-state index contributed by atoms with van der Waals surface area (Å²) < 4.78 is 7.83. The lowest BCUT2D eigenvalue weighted by atomic mass is 9.90. The molecule has 2 aromatic carbocycles. The Morgan fingerprint density at radius 2 is 1.74 bits per heavy atom. The van der Waals surface area contributed by atoms with E-state index in [0.717, 1.165) is 60.7 Å². The number of nitrogens with one attached hydrogen (secondary N) is 2. The Labute approximate surface area is 233 Å². The number of aromatic nitrogens is 4. The maximum absolute atomic E-state index is 7.83. The molecule has 0 saturated heterocycles. The first-order valence-corrected chi connectivity index (χ1v) is 13.3. The normalized spacial score (nSPS) is 14.4. The third-order valence-corrected chi connectivity index (χ3v) is 6.88. The van der Waals surface area contributed by atoms with Crippen LogP contribution in [-0.4, -0.2) is 29.0 Å². The second-order valence-corrected chi connectivity index (χ2v) is 9.45. The van der Waals surface area contributed by atoms with Gasteiger partial charge in [-0.3, -0.25) is 14.9 Å². The number of imidazole rings is 1. The van der Waals surface area contributed by atoms with Crippen LogP contribution in [0.15, 0.2) is 91.3 Å². The first kappa shape index (κ1) is 26.6. The molecule has 1 aliphatic carbocycles. The minimum Gasteiger partial charge on any atom is -0.408 e. The van der Waals surface area contributed by atoms with E-state index < -0.39 is 0 Å². The molecule has 0 aliphatic heterocycles. The van der Waals surface area contributed by atoms with Crippen LogP contribution in [0.4, 0.5) is 0 Å². The number of hydroxylamine groups is 1. The van der Waals surface area contributed by atoms with E-state index in [4.69, 9.17) is 19.0 Å². The van der Waals surface area contributed by atoms with Gasteiger partial charge in [-0.15, -0.1) is 0 Å². The molecule has 0 amide bonds. The van der Waals surface area contributed by atoms with Crippen LogP contribution in [0.5, 0.6) is 5.75 Å². The van der Waals surface area contributed by atoms with Crippen molar-refractivity contribution in [3.05, 3.63) is 120 Å². The molecule has 1 atom stereocenters. The molecule has 3 aromatic heterocycles. The lowest BCUT2D eigenvalue weighted by Gasteiger charge is -2.34. The number of aryl methyl sites for hydroxylation is 1. The summed E-state index contributed by atoms with van der Waals surface area (Å²) in [7, 11) is 0. The van der Waals surface area contributed by atoms with E-state index in [1.807, 2.05) is 54.7 Å². The number of hydrogen-bond acceptors (Lipinski definition) is 8. The highest BCUT2D eigenvalue weighted by molar-refractivity contribution is 7.44. The average Bonchev–Trinajstić information content (AvgIpc) is 3.41. The quantitative estimate of drug-likeness (QED) is 0.248. The van der Waals surface area contributed by atoms with Crippen LogP contribution in [0.1, 0.15) is 47.2 Å². The highest BCUT2D eigenvalue weighted by atomic mass is 32.1. The van der Waals surface area contributed by atoms with Crippen molar-refractivity contribution in [2.75, 3.05) is 0 Å². The van der Waals surface area contributed by atoms with Crippen LogP contribution in [-0.2, 0) is 38.6 Å². The van der Waals surface area contributed by atoms with Gasteiger partial charge in [0, 0.05) is 18.9 Å². The van der Waals surface area contributed by atoms with Crippen molar-refractivity contribution >= 4 is 23.6 Å². The smallest absolute Gasteiger partial charge is 0.197 e. The molecule has 198 valence electrons. The summed E-state index contributed by atoms with van der Waals surface area (Å²) >= 11 is 2.83. The van der Waals surface area contributed by atoms with Gasteiger partial charge in [0.15, 0.2) is 12.5 Å². The number of para-hydroxylation sites is 2. The molecule has 0 bridgehead atoms.